The van der Waals surface area contributed by atoms with Gasteiger partial charge in [-0.2, -0.15) is 0 Å². The Balaban J connectivity index is 0.000000166. The molecule has 0 unspecified atom stereocenters. The molecule has 4 aromatic rings. The van der Waals surface area contributed by atoms with Crippen molar-refractivity contribution in [3.05, 3.63) is 102 Å². The highest BCUT2D eigenvalue weighted by Crippen LogP contribution is 2.18. The highest BCUT2D eigenvalue weighted by molar-refractivity contribution is 5.85. The molecule has 29 heavy (non-hydrogen) atoms. The fourth-order valence-corrected chi connectivity index (χ4v) is 3.02. The van der Waals surface area contributed by atoms with Gasteiger partial charge in [-0.05, 0) is 76.5 Å². The van der Waals surface area contributed by atoms with Gasteiger partial charge in [0.05, 0.1) is 0 Å². The summed E-state index contributed by atoms with van der Waals surface area (Å²) in [5.41, 5.74) is 2.04. The van der Waals surface area contributed by atoms with Crippen molar-refractivity contribution in [1.82, 2.24) is 0 Å². The average Bonchev–Trinajstić information content (AvgIpc) is 2.72. The van der Waals surface area contributed by atoms with Gasteiger partial charge in [0.25, 0.3) is 0 Å². The molecule has 0 amide bonds. The van der Waals surface area contributed by atoms with Crippen molar-refractivity contribution >= 4 is 27.6 Å². The van der Waals surface area contributed by atoms with Crippen LogP contribution < -0.4 is 0 Å². The maximum atomic E-state index is 13.0. The third kappa shape index (κ3) is 5.53. The summed E-state index contributed by atoms with van der Waals surface area (Å²) >= 11 is 0. The molecule has 0 atom stereocenters. The van der Waals surface area contributed by atoms with Crippen LogP contribution in [0.3, 0.4) is 0 Å². The Bertz CT molecular complexity index is 1220. The zero-order chi connectivity index (χ0) is 20.6. The van der Waals surface area contributed by atoms with Crippen molar-refractivity contribution in [2.75, 3.05) is 0 Å². The minimum absolute atomic E-state index is 0.185. The summed E-state index contributed by atoms with van der Waals surface area (Å²) in [6.07, 6.45) is 4.81. The zero-order valence-electron chi connectivity index (χ0n) is 16.5. The molecular weight excluding hydrogens is 362 g/mol. The number of benzene rings is 4. The van der Waals surface area contributed by atoms with E-state index in [1.807, 2.05) is 62.4 Å². The molecule has 0 spiro atoms. The van der Waals surface area contributed by atoms with Crippen LogP contribution in [0.5, 0.6) is 0 Å². The Morgan fingerprint density at radius 1 is 0.724 bits per heavy atom. The van der Waals surface area contributed by atoms with Crippen molar-refractivity contribution in [3.63, 3.8) is 0 Å². The first kappa shape index (κ1) is 20.3. The maximum Gasteiger partial charge on any atom is 0.123 e. The van der Waals surface area contributed by atoms with Crippen LogP contribution in [0.2, 0.25) is 0 Å². The van der Waals surface area contributed by atoms with Crippen LogP contribution in [0.25, 0.3) is 27.6 Å². The zero-order valence-corrected chi connectivity index (χ0v) is 16.5. The minimum atomic E-state index is -0.205. The molecule has 2 heteroatoms. The fourth-order valence-electron chi connectivity index (χ4n) is 3.02. The number of halogens is 2. The molecule has 4 rings (SSSR count). The number of allylic oxidation sites excluding steroid dienone is 1. The van der Waals surface area contributed by atoms with Gasteiger partial charge in [0.1, 0.15) is 11.6 Å². The van der Waals surface area contributed by atoms with E-state index in [9.17, 15) is 8.78 Å². The maximum absolute atomic E-state index is 13.0. The molecule has 0 aliphatic heterocycles. The van der Waals surface area contributed by atoms with Crippen LogP contribution in [0.4, 0.5) is 8.78 Å². The number of hydrogen-bond donors (Lipinski definition) is 0. The van der Waals surface area contributed by atoms with E-state index in [1.54, 1.807) is 18.2 Å². The summed E-state index contributed by atoms with van der Waals surface area (Å²) in [4.78, 5) is 0. The van der Waals surface area contributed by atoms with Gasteiger partial charge >= 0.3 is 0 Å². The lowest BCUT2D eigenvalue weighted by atomic mass is 10.1. The van der Waals surface area contributed by atoms with Crippen molar-refractivity contribution < 1.29 is 8.78 Å². The van der Waals surface area contributed by atoms with Gasteiger partial charge in [-0.15, -0.1) is 0 Å². The first-order valence-corrected chi connectivity index (χ1v) is 9.59. The van der Waals surface area contributed by atoms with E-state index >= 15 is 0 Å². The fraction of sp³-hybridized carbons (Fsp3) is 0.111. The molecule has 0 aromatic heterocycles. The Labute approximate surface area is 170 Å². The standard InChI is InChI=1S/C14H11F.C13H11F/c1-2-3-4-11-5-6-12-7-8-14(15)10-13(12)9-11;1-2-3-10-4-5-11-6-7-13(14)9-12(11)8-10/h5-10H,2H2,1H3;2-9H,1H3/b;3-2+. The quantitative estimate of drug-likeness (QED) is 0.294. The lowest BCUT2D eigenvalue weighted by Gasteiger charge is -1.99. The van der Waals surface area contributed by atoms with E-state index < -0.39 is 0 Å². The Kier molecular flexibility index (Phi) is 6.76. The molecule has 144 valence electrons. The first-order valence-electron chi connectivity index (χ1n) is 9.59. The third-order valence-corrected chi connectivity index (χ3v) is 4.40. The van der Waals surface area contributed by atoms with Crippen LogP contribution in [0, 0.1) is 23.5 Å². The topological polar surface area (TPSA) is 0 Å². The van der Waals surface area contributed by atoms with Crippen molar-refractivity contribution in [3.8, 4) is 11.8 Å². The summed E-state index contributed by atoms with van der Waals surface area (Å²) in [6, 6.07) is 21.5. The van der Waals surface area contributed by atoms with Gasteiger partial charge in [-0.3, -0.25) is 0 Å². The van der Waals surface area contributed by atoms with E-state index in [1.165, 1.54) is 18.2 Å². The second-order valence-corrected chi connectivity index (χ2v) is 6.61. The van der Waals surface area contributed by atoms with Crippen LogP contribution in [0.1, 0.15) is 31.4 Å². The van der Waals surface area contributed by atoms with Gasteiger partial charge < -0.3 is 0 Å². The highest BCUT2D eigenvalue weighted by atomic mass is 19.1. The van der Waals surface area contributed by atoms with Crippen LogP contribution in [0.15, 0.2) is 78.9 Å². The molecule has 0 nitrogen and oxygen atoms in total. The van der Waals surface area contributed by atoms with Gasteiger partial charge in [-0.25, -0.2) is 8.78 Å². The summed E-state index contributed by atoms with van der Waals surface area (Å²) in [5.74, 6) is 5.64. The second kappa shape index (κ2) is 9.66. The van der Waals surface area contributed by atoms with Gasteiger partial charge in [-0.1, -0.05) is 61.2 Å². The molecule has 0 radical (unpaired) electrons. The van der Waals surface area contributed by atoms with Crippen molar-refractivity contribution in [2.24, 2.45) is 0 Å². The molecule has 0 bridgehead atoms. The molecule has 0 aliphatic carbocycles. The Hall–Kier alpha value is -3.44. The normalized spacial score (nSPS) is 10.5. The summed E-state index contributed by atoms with van der Waals surface area (Å²) in [7, 11) is 0. The van der Waals surface area contributed by atoms with Crippen LogP contribution in [-0.4, -0.2) is 0 Å². The molecule has 0 aliphatic rings. The number of rotatable bonds is 1. The minimum Gasteiger partial charge on any atom is -0.207 e. The lowest BCUT2D eigenvalue weighted by Crippen LogP contribution is -1.79. The third-order valence-electron chi connectivity index (χ3n) is 4.40. The first-order chi connectivity index (χ1) is 14.1. The van der Waals surface area contributed by atoms with Gasteiger partial charge in [0.15, 0.2) is 0 Å². The molecule has 0 fully saturated rings. The monoisotopic (exact) mass is 384 g/mol. The highest BCUT2D eigenvalue weighted by Gasteiger charge is 1.97. The summed E-state index contributed by atoms with van der Waals surface area (Å²) < 4.78 is 25.9. The van der Waals surface area contributed by atoms with Crippen molar-refractivity contribution in [2.45, 2.75) is 20.3 Å². The second-order valence-electron chi connectivity index (χ2n) is 6.61. The lowest BCUT2D eigenvalue weighted by molar-refractivity contribution is 0.629. The van der Waals surface area contributed by atoms with E-state index in [4.69, 9.17) is 0 Å². The van der Waals surface area contributed by atoms with Gasteiger partial charge in [0.2, 0.25) is 0 Å². The number of fused-ring (bicyclic) bond motifs is 2. The molecule has 0 N–H and O–H groups in total. The largest absolute Gasteiger partial charge is 0.207 e. The average molecular weight is 384 g/mol. The van der Waals surface area contributed by atoms with E-state index in [0.29, 0.717) is 0 Å². The number of hydrogen-bond acceptors (Lipinski definition) is 0. The van der Waals surface area contributed by atoms with E-state index in [2.05, 4.69) is 11.8 Å². The SMILES string of the molecule is C/C=C/c1ccc2ccc(F)cc2c1.CCC#Cc1ccc2ccc(F)cc2c1. The van der Waals surface area contributed by atoms with E-state index in [-0.39, 0.29) is 11.6 Å². The van der Waals surface area contributed by atoms with Gasteiger partial charge in [0, 0.05) is 12.0 Å². The van der Waals surface area contributed by atoms with E-state index in [0.717, 1.165) is 39.1 Å². The molecule has 0 heterocycles. The van der Waals surface area contributed by atoms with Crippen molar-refractivity contribution in [1.29, 1.82) is 0 Å². The molecule has 0 saturated heterocycles. The predicted molar refractivity (Wildman–Crippen MR) is 120 cm³/mol. The Morgan fingerprint density at radius 3 is 1.93 bits per heavy atom. The predicted octanol–water partition coefficient (Wildman–Crippen LogP) is 7.75. The summed E-state index contributed by atoms with van der Waals surface area (Å²) in [5, 5.41) is 3.96. The Morgan fingerprint density at radius 2 is 1.31 bits per heavy atom. The molecular formula is C27H22F2. The molecule has 0 saturated carbocycles. The van der Waals surface area contributed by atoms with Crippen LogP contribution >= 0.6 is 0 Å². The van der Waals surface area contributed by atoms with Crippen LogP contribution in [-0.2, 0) is 0 Å². The molecule has 4 aromatic carbocycles. The summed E-state index contributed by atoms with van der Waals surface area (Å²) in [6.45, 7) is 3.98. The smallest absolute Gasteiger partial charge is 0.123 e.